The van der Waals surface area contributed by atoms with E-state index in [4.69, 9.17) is 0 Å². The van der Waals surface area contributed by atoms with Gasteiger partial charge in [-0.05, 0) is 62.5 Å². The van der Waals surface area contributed by atoms with Crippen LogP contribution in [0.2, 0.25) is 0 Å². The van der Waals surface area contributed by atoms with Gasteiger partial charge in [0.15, 0.2) is 0 Å². The molecular formula is C25H36N2O. The number of benzene rings is 2. The van der Waals surface area contributed by atoms with Crippen molar-refractivity contribution >= 4 is 5.91 Å². The summed E-state index contributed by atoms with van der Waals surface area (Å²) >= 11 is 0. The van der Waals surface area contributed by atoms with Crippen molar-refractivity contribution in [2.45, 2.75) is 65.5 Å². The minimum Gasteiger partial charge on any atom is -0.349 e. The first-order chi connectivity index (χ1) is 13.6. The summed E-state index contributed by atoms with van der Waals surface area (Å²) in [6.45, 7) is 9.80. The summed E-state index contributed by atoms with van der Waals surface area (Å²) in [5, 5.41) is 3.11. The first-order valence-electron chi connectivity index (χ1n) is 10.8. The Labute approximate surface area is 171 Å². The van der Waals surface area contributed by atoms with Crippen molar-refractivity contribution in [2.75, 3.05) is 13.1 Å². The van der Waals surface area contributed by atoms with Crippen molar-refractivity contribution in [1.82, 2.24) is 10.2 Å². The molecule has 0 bridgehead atoms. The van der Waals surface area contributed by atoms with E-state index in [1.807, 2.05) is 30.3 Å². The average molecular weight is 381 g/mol. The van der Waals surface area contributed by atoms with Gasteiger partial charge in [-0.3, -0.25) is 9.69 Å². The van der Waals surface area contributed by atoms with Gasteiger partial charge in [0, 0.05) is 18.2 Å². The highest BCUT2D eigenvalue weighted by molar-refractivity contribution is 5.94. The molecule has 1 amide bonds. The summed E-state index contributed by atoms with van der Waals surface area (Å²) in [7, 11) is 0. The van der Waals surface area contributed by atoms with E-state index in [1.54, 1.807) is 0 Å². The zero-order valence-corrected chi connectivity index (χ0v) is 17.8. The molecule has 0 fully saturated rings. The molecule has 2 aromatic carbocycles. The molecule has 152 valence electrons. The maximum atomic E-state index is 12.5. The molecule has 3 nitrogen and oxygen atoms in total. The molecule has 28 heavy (non-hydrogen) atoms. The number of hydrogen-bond acceptors (Lipinski definition) is 2. The highest BCUT2D eigenvalue weighted by atomic mass is 16.1. The molecule has 0 heterocycles. The Kier molecular flexibility index (Phi) is 9.78. The van der Waals surface area contributed by atoms with Gasteiger partial charge < -0.3 is 5.32 Å². The summed E-state index contributed by atoms with van der Waals surface area (Å²) in [5.41, 5.74) is 3.25. The Balaban J connectivity index is 1.88. The van der Waals surface area contributed by atoms with Crippen molar-refractivity contribution in [3.05, 3.63) is 71.3 Å². The number of hydrogen-bond donors (Lipinski definition) is 1. The molecule has 0 unspecified atom stereocenters. The number of carbonyl (C=O) groups excluding carboxylic acids is 1. The lowest BCUT2D eigenvalue weighted by atomic mass is 10.1. The van der Waals surface area contributed by atoms with Crippen LogP contribution in [0.4, 0.5) is 0 Å². The second kappa shape index (κ2) is 12.4. The van der Waals surface area contributed by atoms with Gasteiger partial charge in [-0.2, -0.15) is 0 Å². The third kappa shape index (κ3) is 7.85. The summed E-state index contributed by atoms with van der Waals surface area (Å²) < 4.78 is 0. The molecule has 2 rings (SSSR count). The van der Waals surface area contributed by atoms with Gasteiger partial charge in [-0.1, -0.05) is 69.2 Å². The molecule has 1 atom stereocenters. The molecule has 2 aromatic rings. The minimum absolute atomic E-state index is 0.00352. The van der Waals surface area contributed by atoms with E-state index in [9.17, 15) is 4.79 Å². The van der Waals surface area contributed by atoms with Crippen molar-refractivity contribution in [3.63, 3.8) is 0 Å². The highest BCUT2D eigenvalue weighted by Gasteiger charge is 2.11. The van der Waals surface area contributed by atoms with E-state index in [-0.39, 0.29) is 11.9 Å². The molecule has 1 N–H and O–H groups in total. The fourth-order valence-corrected chi connectivity index (χ4v) is 3.38. The monoisotopic (exact) mass is 380 g/mol. The van der Waals surface area contributed by atoms with Gasteiger partial charge in [0.1, 0.15) is 0 Å². The van der Waals surface area contributed by atoms with Gasteiger partial charge in [0.2, 0.25) is 0 Å². The maximum absolute atomic E-state index is 12.5. The van der Waals surface area contributed by atoms with Gasteiger partial charge in [-0.15, -0.1) is 0 Å². The standard InChI is InChI=1S/C25H36N2O/c1-4-6-17-27(18-7-5-2)20-23-13-15-24(16-14-23)25(28)26-21(3)19-22-11-9-8-10-12-22/h8-16,21H,4-7,17-20H2,1-3H3,(H,26,28)/t21-/m0/s1. The Morgan fingerprint density at radius 1 is 0.893 bits per heavy atom. The van der Waals surface area contributed by atoms with Gasteiger partial charge in [0.25, 0.3) is 5.91 Å². The average Bonchev–Trinajstić information content (AvgIpc) is 2.71. The van der Waals surface area contributed by atoms with Crippen molar-refractivity contribution in [3.8, 4) is 0 Å². The summed E-state index contributed by atoms with van der Waals surface area (Å²) in [5.74, 6) is 0.00352. The van der Waals surface area contributed by atoms with E-state index in [0.29, 0.717) is 0 Å². The molecule has 0 saturated heterocycles. The van der Waals surface area contributed by atoms with E-state index in [0.717, 1.165) is 31.6 Å². The Bertz CT molecular complexity index is 673. The van der Waals surface area contributed by atoms with E-state index < -0.39 is 0 Å². The first kappa shape index (κ1) is 22.2. The number of amides is 1. The van der Waals surface area contributed by atoms with Crippen molar-refractivity contribution in [1.29, 1.82) is 0 Å². The van der Waals surface area contributed by atoms with Crippen LogP contribution >= 0.6 is 0 Å². The number of carbonyl (C=O) groups is 1. The molecule has 0 radical (unpaired) electrons. The molecule has 0 aliphatic heterocycles. The van der Waals surface area contributed by atoms with E-state index in [1.165, 1.54) is 36.8 Å². The number of unbranched alkanes of at least 4 members (excludes halogenated alkanes) is 2. The Morgan fingerprint density at radius 3 is 2.07 bits per heavy atom. The Morgan fingerprint density at radius 2 is 1.50 bits per heavy atom. The smallest absolute Gasteiger partial charge is 0.251 e. The lowest BCUT2D eigenvalue weighted by Gasteiger charge is -2.22. The largest absolute Gasteiger partial charge is 0.349 e. The van der Waals surface area contributed by atoms with Crippen LogP contribution in [0.15, 0.2) is 54.6 Å². The normalized spacial score (nSPS) is 12.1. The van der Waals surface area contributed by atoms with Crippen LogP contribution in [-0.4, -0.2) is 29.9 Å². The first-order valence-corrected chi connectivity index (χ1v) is 10.8. The summed E-state index contributed by atoms with van der Waals surface area (Å²) in [6, 6.07) is 18.5. The Hall–Kier alpha value is -2.13. The van der Waals surface area contributed by atoms with Crippen LogP contribution in [0.25, 0.3) is 0 Å². The minimum atomic E-state index is 0.00352. The lowest BCUT2D eigenvalue weighted by molar-refractivity contribution is 0.0940. The van der Waals surface area contributed by atoms with Gasteiger partial charge >= 0.3 is 0 Å². The predicted octanol–water partition coefficient (Wildman–Crippen LogP) is 5.45. The van der Waals surface area contributed by atoms with Crippen LogP contribution in [0, 0.1) is 0 Å². The van der Waals surface area contributed by atoms with Gasteiger partial charge in [0.05, 0.1) is 0 Å². The van der Waals surface area contributed by atoms with Crippen LogP contribution in [-0.2, 0) is 13.0 Å². The SMILES string of the molecule is CCCCN(CCCC)Cc1ccc(C(=O)N[C@@H](C)Cc2ccccc2)cc1. The quantitative estimate of drug-likeness (QED) is 0.531. The van der Waals surface area contributed by atoms with Gasteiger partial charge in [-0.25, -0.2) is 0 Å². The summed E-state index contributed by atoms with van der Waals surface area (Å²) in [4.78, 5) is 15.1. The summed E-state index contributed by atoms with van der Waals surface area (Å²) in [6.07, 6.45) is 5.77. The third-order valence-electron chi connectivity index (χ3n) is 5.04. The molecule has 0 aliphatic rings. The second-order valence-corrected chi connectivity index (χ2v) is 7.74. The fraction of sp³-hybridized carbons (Fsp3) is 0.480. The molecule has 3 heteroatoms. The van der Waals surface area contributed by atoms with Crippen molar-refractivity contribution < 1.29 is 4.79 Å². The van der Waals surface area contributed by atoms with Crippen molar-refractivity contribution in [2.24, 2.45) is 0 Å². The predicted molar refractivity (Wildman–Crippen MR) is 119 cm³/mol. The van der Waals surface area contributed by atoms with Crippen LogP contribution in [0.1, 0.15) is 67.9 Å². The second-order valence-electron chi connectivity index (χ2n) is 7.74. The topological polar surface area (TPSA) is 32.3 Å². The molecule has 0 spiro atoms. The molecule has 0 saturated carbocycles. The maximum Gasteiger partial charge on any atom is 0.251 e. The van der Waals surface area contributed by atoms with E-state index in [2.05, 4.69) is 55.3 Å². The molecule has 0 aromatic heterocycles. The van der Waals surface area contributed by atoms with Crippen LogP contribution in [0.3, 0.4) is 0 Å². The van der Waals surface area contributed by atoms with E-state index >= 15 is 0 Å². The lowest BCUT2D eigenvalue weighted by Crippen LogP contribution is -2.34. The van der Waals surface area contributed by atoms with Crippen LogP contribution < -0.4 is 5.32 Å². The van der Waals surface area contributed by atoms with Crippen LogP contribution in [0.5, 0.6) is 0 Å². The molecular weight excluding hydrogens is 344 g/mol. The third-order valence-corrected chi connectivity index (χ3v) is 5.04. The highest BCUT2D eigenvalue weighted by Crippen LogP contribution is 2.11. The zero-order chi connectivity index (χ0) is 20.2. The number of rotatable bonds is 12. The molecule has 0 aliphatic carbocycles. The zero-order valence-electron chi connectivity index (χ0n) is 17.8. The number of nitrogens with one attached hydrogen (secondary N) is 1. The number of nitrogens with zero attached hydrogens (tertiary/aromatic N) is 1. The fourth-order valence-electron chi connectivity index (χ4n) is 3.38.